The molecule has 2 aliphatic rings. The molecule has 0 aliphatic heterocycles. The highest BCUT2D eigenvalue weighted by molar-refractivity contribution is 5.75. The molecule has 2 aromatic heterocycles. The van der Waals surface area contributed by atoms with Crippen molar-refractivity contribution in [1.82, 2.24) is 15.2 Å². The quantitative estimate of drug-likeness (QED) is 0.663. The number of alkyl halides is 3. The van der Waals surface area contributed by atoms with Crippen LogP contribution in [0.25, 0.3) is 11.3 Å². The van der Waals surface area contributed by atoms with Gasteiger partial charge in [-0.25, -0.2) is 4.98 Å². The number of methoxy groups -OCH3 is 1. The lowest BCUT2D eigenvalue weighted by Gasteiger charge is -2.29. The van der Waals surface area contributed by atoms with Crippen LogP contribution in [0.1, 0.15) is 43.7 Å². The van der Waals surface area contributed by atoms with E-state index < -0.39 is 24.0 Å². The standard InChI is InChI=1S/C22H24F3N3O4/c1-31-18-7-6-17(27-20(18)15-9-16(15)21(29)30)13-8-19(28-26-10-13)32-11-12-2-4-14(5-3-12)22(23,24)25/h6-8,10,12,14-16H,2-5,9,11H2,1H3,(H,29,30)/t12-,14-,15-,16-/m1/s1. The number of hydrogen-bond acceptors (Lipinski definition) is 6. The van der Waals surface area contributed by atoms with E-state index in [-0.39, 0.29) is 37.2 Å². The zero-order chi connectivity index (χ0) is 22.9. The summed E-state index contributed by atoms with van der Waals surface area (Å²) in [5.74, 6) is -1.87. The summed E-state index contributed by atoms with van der Waals surface area (Å²) in [6.45, 7) is 0.284. The third-order valence-electron chi connectivity index (χ3n) is 6.27. The second kappa shape index (κ2) is 8.91. The number of carboxylic acids is 1. The summed E-state index contributed by atoms with van der Waals surface area (Å²) in [4.78, 5) is 15.9. The third-order valence-corrected chi connectivity index (χ3v) is 6.27. The van der Waals surface area contributed by atoms with Crippen molar-refractivity contribution in [3.63, 3.8) is 0 Å². The number of aromatic nitrogens is 3. The average Bonchev–Trinajstić information content (AvgIpc) is 3.58. The lowest BCUT2D eigenvalue weighted by atomic mass is 9.82. The van der Waals surface area contributed by atoms with E-state index in [1.165, 1.54) is 13.3 Å². The highest BCUT2D eigenvalue weighted by Gasteiger charge is 2.47. The molecule has 0 aromatic carbocycles. The number of pyridine rings is 1. The van der Waals surface area contributed by atoms with E-state index in [1.807, 2.05) is 0 Å². The Labute approximate surface area is 183 Å². The van der Waals surface area contributed by atoms with E-state index in [9.17, 15) is 23.1 Å². The van der Waals surface area contributed by atoms with Crippen molar-refractivity contribution in [1.29, 1.82) is 0 Å². The van der Waals surface area contributed by atoms with Crippen molar-refractivity contribution < 1.29 is 32.5 Å². The minimum atomic E-state index is -4.12. The molecule has 1 N–H and O–H groups in total. The lowest BCUT2D eigenvalue weighted by molar-refractivity contribution is -0.184. The van der Waals surface area contributed by atoms with Crippen LogP contribution in [0.3, 0.4) is 0 Å². The summed E-state index contributed by atoms with van der Waals surface area (Å²) >= 11 is 0. The molecule has 0 amide bonds. The highest BCUT2D eigenvalue weighted by atomic mass is 19.4. The van der Waals surface area contributed by atoms with Crippen LogP contribution < -0.4 is 9.47 Å². The van der Waals surface area contributed by atoms with E-state index in [2.05, 4.69) is 15.2 Å². The van der Waals surface area contributed by atoms with E-state index in [1.54, 1.807) is 18.2 Å². The van der Waals surface area contributed by atoms with Crippen molar-refractivity contribution in [2.75, 3.05) is 13.7 Å². The van der Waals surface area contributed by atoms with Crippen molar-refractivity contribution in [3.05, 3.63) is 30.1 Å². The zero-order valence-electron chi connectivity index (χ0n) is 17.5. The van der Waals surface area contributed by atoms with Crippen LogP contribution >= 0.6 is 0 Å². The molecule has 10 heteroatoms. The Hall–Kier alpha value is -2.91. The zero-order valence-corrected chi connectivity index (χ0v) is 17.5. The molecule has 0 spiro atoms. The summed E-state index contributed by atoms with van der Waals surface area (Å²) in [7, 11) is 1.51. The topological polar surface area (TPSA) is 94.4 Å². The van der Waals surface area contributed by atoms with Crippen molar-refractivity contribution >= 4 is 5.97 Å². The molecule has 0 saturated heterocycles. The summed E-state index contributed by atoms with van der Waals surface area (Å²) in [6.07, 6.45) is -0.899. The van der Waals surface area contributed by atoms with Gasteiger partial charge in [0.05, 0.1) is 43.1 Å². The lowest BCUT2D eigenvalue weighted by Crippen LogP contribution is -2.29. The van der Waals surface area contributed by atoms with Crippen LogP contribution in [0, 0.1) is 17.8 Å². The normalized spacial score (nSPS) is 25.2. The van der Waals surface area contributed by atoms with Crippen molar-refractivity contribution in [2.45, 2.75) is 44.2 Å². The first-order chi connectivity index (χ1) is 15.3. The highest BCUT2D eigenvalue weighted by Crippen LogP contribution is 2.50. The van der Waals surface area contributed by atoms with Gasteiger partial charge < -0.3 is 14.6 Å². The van der Waals surface area contributed by atoms with Crippen molar-refractivity contribution in [2.24, 2.45) is 17.8 Å². The van der Waals surface area contributed by atoms with Crippen LogP contribution in [0.15, 0.2) is 24.4 Å². The molecule has 2 aliphatic carbocycles. The number of nitrogens with zero attached hydrogens (tertiary/aromatic N) is 3. The molecule has 2 saturated carbocycles. The summed E-state index contributed by atoms with van der Waals surface area (Å²) in [6, 6.07) is 5.17. The number of carboxylic acid groups (broad SMARTS) is 1. The predicted molar refractivity (Wildman–Crippen MR) is 107 cm³/mol. The fourth-order valence-corrected chi connectivity index (χ4v) is 4.25. The van der Waals surface area contributed by atoms with Gasteiger partial charge in [0.25, 0.3) is 0 Å². The maximum atomic E-state index is 12.8. The van der Waals surface area contributed by atoms with Gasteiger partial charge in [0, 0.05) is 17.5 Å². The first kappa shape index (κ1) is 22.3. The predicted octanol–water partition coefficient (Wildman–Crippen LogP) is 4.48. The van der Waals surface area contributed by atoms with Gasteiger partial charge in [0.1, 0.15) is 5.75 Å². The molecule has 32 heavy (non-hydrogen) atoms. The van der Waals surface area contributed by atoms with E-state index in [0.717, 1.165) is 0 Å². The maximum Gasteiger partial charge on any atom is 0.391 e. The van der Waals surface area contributed by atoms with Crippen LogP contribution in [-0.4, -0.2) is 46.2 Å². The number of rotatable bonds is 7. The smallest absolute Gasteiger partial charge is 0.391 e. The maximum absolute atomic E-state index is 12.8. The summed E-state index contributed by atoms with van der Waals surface area (Å²) in [5.41, 5.74) is 1.83. The number of aliphatic carboxylic acids is 1. The van der Waals surface area contributed by atoms with Crippen molar-refractivity contribution in [3.8, 4) is 22.9 Å². The van der Waals surface area contributed by atoms with Gasteiger partial charge in [0.15, 0.2) is 0 Å². The Bertz CT molecular complexity index is 977. The van der Waals surface area contributed by atoms with Gasteiger partial charge in [-0.2, -0.15) is 18.3 Å². The van der Waals surface area contributed by atoms with Gasteiger partial charge in [-0.15, -0.1) is 5.10 Å². The van der Waals surface area contributed by atoms with Crippen LogP contribution in [-0.2, 0) is 4.79 Å². The summed E-state index contributed by atoms with van der Waals surface area (Å²) in [5, 5.41) is 17.1. The molecular formula is C22H24F3N3O4. The second-order valence-corrected chi connectivity index (χ2v) is 8.42. The molecule has 0 bridgehead atoms. The fraction of sp³-hybridized carbons (Fsp3) is 0.545. The third kappa shape index (κ3) is 4.94. The van der Waals surface area contributed by atoms with Crippen LogP contribution in [0.5, 0.6) is 11.6 Å². The molecule has 2 aromatic rings. The van der Waals surface area contributed by atoms with Crippen LogP contribution in [0.4, 0.5) is 13.2 Å². The molecule has 2 atom stereocenters. The minimum absolute atomic E-state index is 0.0487. The first-order valence-corrected chi connectivity index (χ1v) is 10.6. The SMILES string of the molecule is COc1ccc(-c2cnnc(OC[C@H]3CC[C@H](C(F)(F)F)CC3)c2)nc1[C@@H]1C[C@H]1C(=O)O. The Morgan fingerprint density at radius 3 is 2.59 bits per heavy atom. The molecule has 172 valence electrons. The second-order valence-electron chi connectivity index (χ2n) is 8.42. The van der Waals surface area contributed by atoms with Gasteiger partial charge in [0.2, 0.25) is 5.88 Å². The summed E-state index contributed by atoms with van der Waals surface area (Å²) < 4.78 is 49.5. The van der Waals surface area contributed by atoms with Gasteiger partial charge in [-0.1, -0.05) is 0 Å². The number of carbonyl (C=O) groups is 1. The Balaban J connectivity index is 1.42. The molecule has 2 fully saturated rings. The van der Waals surface area contributed by atoms with E-state index >= 15 is 0 Å². The molecular weight excluding hydrogens is 427 g/mol. The molecule has 0 radical (unpaired) electrons. The Kier molecular flexibility index (Phi) is 6.21. The van der Waals surface area contributed by atoms with E-state index in [0.29, 0.717) is 42.0 Å². The average molecular weight is 451 g/mol. The molecule has 7 nitrogen and oxygen atoms in total. The monoisotopic (exact) mass is 451 g/mol. The molecule has 4 rings (SSSR count). The number of halogens is 3. The van der Waals surface area contributed by atoms with Gasteiger partial charge in [-0.05, 0) is 50.2 Å². The Morgan fingerprint density at radius 1 is 1.22 bits per heavy atom. The van der Waals surface area contributed by atoms with Gasteiger partial charge in [-0.3, -0.25) is 4.79 Å². The minimum Gasteiger partial charge on any atom is -0.495 e. The van der Waals surface area contributed by atoms with E-state index in [4.69, 9.17) is 9.47 Å². The fourth-order valence-electron chi connectivity index (χ4n) is 4.25. The Morgan fingerprint density at radius 2 is 1.97 bits per heavy atom. The molecule has 2 heterocycles. The largest absolute Gasteiger partial charge is 0.495 e. The number of hydrogen-bond donors (Lipinski definition) is 1. The molecule has 0 unspecified atom stereocenters. The van der Waals surface area contributed by atoms with Crippen LogP contribution in [0.2, 0.25) is 0 Å². The van der Waals surface area contributed by atoms with Gasteiger partial charge >= 0.3 is 12.1 Å². The first-order valence-electron chi connectivity index (χ1n) is 10.6. The number of ether oxygens (including phenoxy) is 2.